The van der Waals surface area contributed by atoms with E-state index in [4.69, 9.17) is 4.74 Å². The van der Waals surface area contributed by atoms with E-state index in [0.29, 0.717) is 11.5 Å². The van der Waals surface area contributed by atoms with Crippen LogP contribution in [0.5, 0.6) is 11.5 Å². The van der Waals surface area contributed by atoms with Gasteiger partial charge < -0.3 is 4.74 Å². The maximum absolute atomic E-state index is 11.4. The Kier molecular flexibility index (Phi) is 3.74. The molecular weight excluding hydrogens is 260 g/mol. The SMILES string of the molecule is CC(=O)c1cc(Oc2ccc(C)nc2)ccc1[N+](=O)[O-]. The average molecular weight is 272 g/mol. The lowest BCUT2D eigenvalue weighted by Gasteiger charge is -2.07. The summed E-state index contributed by atoms with van der Waals surface area (Å²) in [6.07, 6.45) is 1.55. The Balaban J connectivity index is 2.34. The molecule has 0 radical (unpaired) electrons. The lowest BCUT2D eigenvalue weighted by Crippen LogP contribution is -2.00. The second kappa shape index (κ2) is 5.48. The predicted molar refractivity (Wildman–Crippen MR) is 72.1 cm³/mol. The summed E-state index contributed by atoms with van der Waals surface area (Å²) in [5.74, 6) is 0.467. The van der Waals surface area contributed by atoms with E-state index >= 15 is 0 Å². The highest BCUT2D eigenvalue weighted by molar-refractivity contribution is 5.98. The van der Waals surface area contributed by atoms with Gasteiger partial charge in [-0.1, -0.05) is 0 Å². The number of pyridine rings is 1. The lowest BCUT2D eigenvalue weighted by atomic mass is 10.1. The van der Waals surface area contributed by atoms with Crippen LogP contribution in [0.3, 0.4) is 0 Å². The van der Waals surface area contributed by atoms with Crippen LogP contribution in [0.4, 0.5) is 5.69 Å². The molecule has 1 aromatic heterocycles. The number of carbonyl (C=O) groups excluding carboxylic acids is 1. The van der Waals surface area contributed by atoms with E-state index in [-0.39, 0.29) is 17.0 Å². The van der Waals surface area contributed by atoms with Gasteiger partial charge in [-0.25, -0.2) is 0 Å². The summed E-state index contributed by atoms with van der Waals surface area (Å²) in [6, 6.07) is 7.59. The molecule has 0 atom stereocenters. The molecule has 2 aromatic rings. The van der Waals surface area contributed by atoms with Crippen LogP contribution < -0.4 is 4.74 Å². The highest BCUT2D eigenvalue weighted by atomic mass is 16.6. The first-order valence-corrected chi connectivity index (χ1v) is 5.87. The Morgan fingerprint density at radius 3 is 2.50 bits per heavy atom. The summed E-state index contributed by atoms with van der Waals surface area (Å²) in [7, 11) is 0. The molecular formula is C14H12N2O4. The summed E-state index contributed by atoms with van der Waals surface area (Å²) in [5.41, 5.74) is 0.643. The van der Waals surface area contributed by atoms with Crippen molar-refractivity contribution in [3.63, 3.8) is 0 Å². The first-order chi connectivity index (χ1) is 9.47. The maximum Gasteiger partial charge on any atom is 0.280 e. The molecule has 0 unspecified atom stereocenters. The van der Waals surface area contributed by atoms with Gasteiger partial charge in [0.25, 0.3) is 5.69 Å². The van der Waals surface area contributed by atoms with E-state index in [1.54, 1.807) is 18.3 Å². The molecule has 0 bridgehead atoms. The van der Waals surface area contributed by atoms with Crippen molar-refractivity contribution >= 4 is 11.5 Å². The fourth-order valence-corrected chi connectivity index (χ4v) is 1.67. The Morgan fingerprint density at radius 1 is 1.25 bits per heavy atom. The monoisotopic (exact) mass is 272 g/mol. The zero-order valence-corrected chi connectivity index (χ0v) is 11.0. The number of aryl methyl sites for hydroxylation is 1. The third-order valence-electron chi connectivity index (χ3n) is 2.66. The van der Waals surface area contributed by atoms with Gasteiger partial charge in [-0.05, 0) is 38.1 Å². The summed E-state index contributed by atoms with van der Waals surface area (Å²) >= 11 is 0. The minimum atomic E-state index is -0.589. The number of aromatic nitrogens is 1. The summed E-state index contributed by atoms with van der Waals surface area (Å²) in [6.45, 7) is 3.13. The molecule has 0 aliphatic carbocycles. The van der Waals surface area contributed by atoms with Crippen molar-refractivity contribution in [1.29, 1.82) is 0 Å². The van der Waals surface area contributed by atoms with E-state index < -0.39 is 4.92 Å². The molecule has 0 amide bonds. The number of rotatable bonds is 4. The molecule has 0 saturated heterocycles. The van der Waals surface area contributed by atoms with Crippen molar-refractivity contribution in [1.82, 2.24) is 4.98 Å². The third-order valence-corrected chi connectivity index (χ3v) is 2.66. The van der Waals surface area contributed by atoms with Gasteiger partial charge in [-0.3, -0.25) is 19.9 Å². The molecule has 102 valence electrons. The van der Waals surface area contributed by atoms with Gasteiger partial charge in [0, 0.05) is 11.8 Å². The molecule has 0 fully saturated rings. The Hall–Kier alpha value is -2.76. The van der Waals surface area contributed by atoms with Crippen LogP contribution in [0.25, 0.3) is 0 Å². The van der Waals surface area contributed by atoms with Crippen molar-refractivity contribution in [2.24, 2.45) is 0 Å². The van der Waals surface area contributed by atoms with Gasteiger partial charge in [-0.15, -0.1) is 0 Å². The van der Waals surface area contributed by atoms with Crippen LogP contribution in [0.1, 0.15) is 23.0 Å². The van der Waals surface area contributed by atoms with Crippen molar-refractivity contribution in [3.8, 4) is 11.5 Å². The number of ketones is 1. The van der Waals surface area contributed by atoms with E-state index in [2.05, 4.69) is 4.98 Å². The second-order valence-corrected chi connectivity index (χ2v) is 4.23. The highest BCUT2D eigenvalue weighted by Crippen LogP contribution is 2.27. The fraction of sp³-hybridized carbons (Fsp3) is 0.143. The number of ether oxygens (including phenoxy) is 1. The van der Waals surface area contributed by atoms with Crippen molar-refractivity contribution < 1.29 is 14.5 Å². The van der Waals surface area contributed by atoms with Gasteiger partial charge in [0.05, 0.1) is 16.7 Å². The second-order valence-electron chi connectivity index (χ2n) is 4.23. The molecule has 0 aliphatic heterocycles. The minimum Gasteiger partial charge on any atom is -0.456 e. The topological polar surface area (TPSA) is 82.3 Å². The number of carbonyl (C=O) groups is 1. The van der Waals surface area contributed by atoms with Crippen LogP contribution >= 0.6 is 0 Å². The van der Waals surface area contributed by atoms with Crippen LogP contribution in [0, 0.1) is 17.0 Å². The van der Waals surface area contributed by atoms with Gasteiger partial charge in [0.2, 0.25) is 0 Å². The van der Waals surface area contributed by atoms with E-state index in [1.807, 2.05) is 6.92 Å². The van der Waals surface area contributed by atoms with Crippen molar-refractivity contribution in [3.05, 3.63) is 57.9 Å². The fourth-order valence-electron chi connectivity index (χ4n) is 1.67. The number of nitrogens with zero attached hydrogens (tertiary/aromatic N) is 2. The zero-order valence-electron chi connectivity index (χ0n) is 11.0. The molecule has 2 rings (SSSR count). The first-order valence-electron chi connectivity index (χ1n) is 5.87. The number of benzene rings is 1. The summed E-state index contributed by atoms with van der Waals surface area (Å²) in [5, 5.41) is 10.8. The number of Topliss-reactive ketones (excluding diaryl/α,β-unsaturated/α-hetero) is 1. The van der Waals surface area contributed by atoms with Crippen LogP contribution in [-0.2, 0) is 0 Å². The molecule has 20 heavy (non-hydrogen) atoms. The summed E-state index contributed by atoms with van der Waals surface area (Å²) < 4.78 is 5.52. The van der Waals surface area contributed by atoms with Crippen LogP contribution in [0.2, 0.25) is 0 Å². The van der Waals surface area contributed by atoms with Crippen LogP contribution in [0.15, 0.2) is 36.5 Å². The van der Waals surface area contributed by atoms with E-state index in [9.17, 15) is 14.9 Å². The molecule has 0 saturated carbocycles. The smallest absolute Gasteiger partial charge is 0.280 e. The molecule has 6 nitrogen and oxygen atoms in total. The molecule has 0 spiro atoms. The zero-order chi connectivity index (χ0) is 14.7. The third kappa shape index (κ3) is 2.97. The quantitative estimate of drug-likeness (QED) is 0.484. The summed E-state index contributed by atoms with van der Waals surface area (Å²) in [4.78, 5) is 25.8. The van der Waals surface area contributed by atoms with Crippen molar-refractivity contribution in [2.45, 2.75) is 13.8 Å². The lowest BCUT2D eigenvalue weighted by molar-refractivity contribution is -0.385. The molecule has 0 aliphatic rings. The van der Waals surface area contributed by atoms with Crippen LogP contribution in [-0.4, -0.2) is 15.7 Å². The van der Waals surface area contributed by atoms with Gasteiger partial charge in [0.15, 0.2) is 5.78 Å². The molecule has 1 heterocycles. The number of nitro groups is 1. The molecule has 0 N–H and O–H groups in total. The predicted octanol–water partition coefficient (Wildman–Crippen LogP) is 3.29. The van der Waals surface area contributed by atoms with Gasteiger partial charge >= 0.3 is 0 Å². The Labute approximate surface area is 115 Å². The maximum atomic E-state index is 11.4. The van der Waals surface area contributed by atoms with Crippen molar-refractivity contribution in [2.75, 3.05) is 0 Å². The highest BCUT2D eigenvalue weighted by Gasteiger charge is 2.18. The number of hydrogen-bond acceptors (Lipinski definition) is 5. The molecule has 1 aromatic carbocycles. The largest absolute Gasteiger partial charge is 0.456 e. The Bertz CT molecular complexity index is 665. The first kappa shape index (κ1) is 13.7. The molecule has 6 heteroatoms. The van der Waals surface area contributed by atoms with Gasteiger partial charge in [-0.2, -0.15) is 0 Å². The minimum absolute atomic E-state index is 0.0209. The standard InChI is InChI=1S/C14H12N2O4/c1-9-3-4-12(8-15-9)20-11-5-6-14(16(18)19)13(7-11)10(2)17/h3-8H,1-2H3. The van der Waals surface area contributed by atoms with E-state index in [1.165, 1.54) is 25.1 Å². The number of nitro benzene ring substituents is 1. The number of hydrogen-bond donors (Lipinski definition) is 0. The van der Waals surface area contributed by atoms with Gasteiger partial charge in [0.1, 0.15) is 11.5 Å². The normalized spacial score (nSPS) is 10.1. The average Bonchev–Trinajstić information content (AvgIpc) is 2.41. The van der Waals surface area contributed by atoms with E-state index in [0.717, 1.165) is 5.69 Å². The Morgan fingerprint density at radius 2 is 1.95 bits per heavy atom.